The van der Waals surface area contributed by atoms with Crippen molar-refractivity contribution in [2.24, 2.45) is 0 Å². The Kier molecular flexibility index (Phi) is 7.33. The average Bonchev–Trinajstić information content (AvgIpc) is 2.99. The van der Waals surface area contributed by atoms with E-state index in [4.69, 9.17) is 0 Å². The molecule has 0 spiro atoms. The number of carbonyl (C=O) groups excluding carboxylic acids is 1. The number of nitrogens with one attached hydrogen (secondary N) is 3. The molecule has 2 rings (SSSR count). The second kappa shape index (κ2) is 8.50. The van der Waals surface area contributed by atoms with Crippen LogP contribution in [0.15, 0.2) is 33.4 Å². The Labute approximate surface area is 134 Å². The molecule has 1 amide bonds. The predicted molar refractivity (Wildman–Crippen MR) is 85.3 cm³/mol. The highest BCUT2D eigenvalue weighted by Gasteiger charge is 2.16. The van der Waals surface area contributed by atoms with Crippen LogP contribution in [0.5, 0.6) is 0 Å². The Bertz CT molecular complexity index is 585. The number of rotatable bonds is 6. The fraction of sp³-hybridized carbons (Fsp3) is 0.417. The smallest absolute Gasteiger partial charge is 0.250 e. The maximum absolute atomic E-state index is 11.8. The zero-order valence-electron chi connectivity index (χ0n) is 11.3. The first-order chi connectivity index (χ1) is 9.58. The predicted octanol–water partition coefficient (Wildman–Crippen LogP) is 0.484. The van der Waals surface area contributed by atoms with Crippen LogP contribution in [-0.4, -0.2) is 40.5 Å². The zero-order valence-corrected chi connectivity index (χ0v) is 13.7. The van der Waals surface area contributed by atoms with Crippen LogP contribution < -0.4 is 15.4 Å². The summed E-state index contributed by atoms with van der Waals surface area (Å²) in [5.41, 5.74) is 1.17. The monoisotopic (exact) mass is 351 g/mol. The van der Waals surface area contributed by atoms with Gasteiger partial charge < -0.3 is 10.6 Å². The fourth-order valence-corrected chi connectivity index (χ4v) is 3.77. The third-order valence-corrected chi connectivity index (χ3v) is 5.65. The summed E-state index contributed by atoms with van der Waals surface area (Å²) in [7, 11) is -3.57. The van der Waals surface area contributed by atoms with Crippen LogP contribution >= 0.6 is 23.7 Å². The standard InChI is InChI=1S/C12H17N3O3S2.ClH/c16-11(14-8-10-3-5-13-6-4-10)9-15-20(17,18)12-2-1-7-19-12;/h1-3,7,13,15H,4-6,8-9H2,(H,14,16);1H. The van der Waals surface area contributed by atoms with Gasteiger partial charge in [0, 0.05) is 13.1 Å². The van der Waals surface area contributed by atoms with Crippen LogP contribution in [0.25, 0.3) is 0 Å². The minimum Gasteiger partial charge on any atom is -0.351 e. The van der Waals surface area contributed by atoms with Gasteiger partial charge in [-0.2, -0.15) is 0 Å². The highest BCUT2D eigenvalue weighted by Crippen LogP contribution is 2.14. The second-order valence-electron chi connectivity index (χ2n) is 4.35. The normalized spacial score (nSPS) is 15.0. The molecule has 0 unspecified atom stereocenters. The van der Waals surface area contributed by atoms with Gasteiger partial charge in [0.25, 0.3) is 10.0 Å². The van der Waals surface area contributed by atoms with Crippen LogP contribution in [0.1, 0.15) is 6.42 Å². The Balaban J connectivity index is 0.00000220. The van der Waals surface area contributed by atoms with E-state index in [2.05, 4.69) is 15.4 Å². The van der Waals surface area contributed by atoms with E-state index in [1.807, 2.05) is 6.08 Å². The molecule has 1 aliphatic rings. The Morgan fingerprint density at radius 1 is 1.43 bits per heavy atom. The SMILES string of the molecule is Cl.O=C(CNS(=O)(=O)c1cccs1)NCC1=CCNCC1. The van der Waals surface area contributed by atoms with Crippen molar-refractivity contribution in [3.05, 3.63) is 29.2 Å². The van der Waals surface area contributed by atoms with Crippen molar-refractivity contribution in [2.75, 3.05) is 26.2 Å². The first-order valence-electron chi connectivity index (χ1n) is 6.26. The van der Waals surface area contributed by atoms with Crippen molar-refractivity contribution in [3.8, 4) is 0 Å². The number of hydrogen-bond acceptors (Lipinski definition) is 5. The molecule has 9 heteroatoms. The van der Waals surface area contributed by atoms with Gasteiger partial charge in [0.15, 0.2) is 0 Å². The van der Waals surface area contributed by atoms with Crippen molar-refractivity contribution < 1.29 is 13.2 Å². The lowest BCUT2D eigenvalue weighted by molar-refractivity contribution is -0.119. The quantitative estimate of drug-likeness (QED) is 0.651. The van der Waals surface area contributed by atoms with E-state index >= 15 is 0 Å². The zero-order chi connectivity index (χ0) is 14.4. The lowest BCUT2D eigenvalue weighted by Crippen LogP contribution is -2.38. The van der Waals surface area contributed by atoms with Crippen LogP contribution in [0, 0.1) is 0 Å². The molecule has 1 aliphatic heterocycles. The minimum atomic E-state index is -3.57. The molecule has 3 N–H and O–H groups in total. The van der Waals surface area contributed by atoms with E-state index in [9.17, 15) is 13.2 Å². The number of hydrogen-bond donors (Lipinski definition) is 3. The van der Waals surface area contributed by atoms with Gasteiger partial charge in [-0.05, 0) is 24.4 Å². The molecule has 6 nitrogen and oxygen atoms in total. The van der Waals surface area contributed by atoms with Gasteiger partial charge in [-0.15, -0.1) is 23.7 Å². The lowest BCUT2D eigenvalue weighted by Gasteiger charge is -2.14. The highest BCUT2D eigenvalue weighted by molar-refractivity contribution is 7.91. The van der Waals surface area contributed by atoms with E-state index in [-0.39, 0.29) is 29.1 Å². The number of sulfonamides is 1. The van der Waals surface area contributed by atoms with Crippen molar-refractivity contribution in [1.29, 1.82) is 0 Å². The second-order valence-corrected chi connectivity index (χ2v) is 7.29. The maximum Gasteiger partial charge on any atom is 0.250 e. The summed E-state index contributed by atoms with van der Waals surface area (Å²) >= 11 is 1.12. The molecule has 0 bridgehead atoms. The molecule has 21 heavy (non-hydrogen) atoms. The van der Waals surface area contributed by atoms with Gasteiger partial charge in [-0.1, -0.05) is 17.7 Å². The van der Waals surface area contributed by atoms with E-state index in [1.54, 1.807) is 11.4 Å². The van der Waals surface area contributed by atoms with Crippen molar-refractivity contribution in [3.63, 3.8) is 0 Å². The third kappa shape index (κ3) is 5.76. The third-order valence-electron chi connectivity index (χ3n) is 2.85. The molecule has 2 heterocycles. The minimum absolute atomic E-state index is 0. The van der Waals surface area contributed by atoms with Gasteiger partial charge >= 0.3 is 0 Å². The molecule has 118 valence electrons. The summed E-state index contributed by atoms with van der Waals surface area (Å²) in [6.45, 7) is 1.95. The van der Waals surface area contributed by atoms with Crippen molar-refractivity contribution in [1.82, 2.24) is 15.4 Å². The Morgan fingerprint density at radius 2 is 2.24 bits per heavy atom. The summed E-state index contributed by atoms with van der Waals surface area (Å²) in [6, 6.07) is 3.16. The molecule has 1 aromatic heterocycles. The molecule has 0 radical (unpaired) electrons. The molecule has 0 fully saturated rings. The topological polar surface area (TPSA) is 87.3 Å². The van der Waals surface area contributed by atoms with Crippen LogP contribution in [0.2, 0.25) is 0 Å². The Hall–Kier alpha value is -0.930. The van der Waals surface area contributed by atoms with E-state index in [1.165, 1.54) is 11.6 Å². The van der Waals surface area contributed by atoms with E-state index in [0.29, 0.717) is 6.54 Å². The molecular formula is C12H18ClN3O3S2. The number of halogens is 1. The Morgan fingerprint density at radius 3 is 2.86 bits per heavy atom. The van der Waals surface area contributed by atoms with Crippen LogP contribution in [-0.2, 0) is 14.8 Å². The molecule has 0 aliphatic carbocycles. The van der Waals surface area contributed by atoms with Crippen LogP contribution in [0.4, 0.5) is 0 Å². The highest BCUT2D eigenvalue weighted by atomic mass is 35.5. The number of thiophene rings is 1. The van der Waals surface area contributed by atoms with Gasteiger partial charge in [0.1, 0.15) is 4.21 Å². The summed E-state index contributed by atoms with van der Waals surface area (Å²) < 4.78 is 26.1. The first-order valence-corrected chi connectivity index (χ1v) is 8.63. The molecular weight excluding hydrogens is 334 g/mol. The molecule has 1 aromatic rings. The largest absolute Gasteiger partial charge is 0.351 e. The lowest BCUT2D eigenvalue weighted by atomic mass is 10.1. The summed E-state index contributed by atoms with van der Waals surface area (Å²) in [4.78, 5) is 11.6. The van der Waals surface area contributed by atoms with Crippen LogP contribution in [0.3, 0.4) is 0 Å². The maximum atomic E-state index is 11.8. The van der Waals surface area contributed by atoms with Gasteiger partial charge in [0.2, 0.25) is 5.91 Å². The molecule has 0 saturated carbocycles. The van der Waals surface area contributed by atoms with Gasteiger partial charge in [-0.3, -0.25) is 4.79 Å². The van der Waals surface area contributed by atoms with E-state index in [0.717, 1.165) is 30.8 Å². The summed E-state index contributed by atoms with van der Waals surface area (Å²) in [5.74, 6) is -0.329. The summed E-state index contributed by atoms with van der Waals surface area (Å²) in [5, 5.41) is 7.57. The van der Waals surface area contributed by atoms with Crippen molar-refractivity contribution >= 4 is 39.7 Å². The average molecular weight is 352 g/mol. The first kappa shape index (κ1) is 18.1. The molecule has 0 saturated heterocycles. The molecule has 0 atom stereocenters. The van der Waals surface area contributed by atoms with E-state index < -0.39 is 10.0 Å². The van der Waals surface area contributed by atoms with Gasteiger partial charge in [-0.25, -0.2) is 13.1 Å². The number of carbonyl (C=O) groups is 1. The van der Waals surface area contributed by atoms with Gasteiger partial charge in [0.05, 0.1) is 6.54 Å². The fourth-order valence-electron chi connectivity index (χ4n) is 1.75. The summed E-state index contributed by atoms with van der Waals surface area (Å²) in [6.07, 6.45) is 2.95. The number of amides is 1. The molecule has 0 aromatic carbocycles. The van der Waals surface area contributed by atoms with Crippen molar-refractivity contribution in [2.45, 2.75) is 10.6 Å².